The topological polar surface area (TPSA) is 43.4 Å². The highest BCUT2D eigenvalue weighted by molar-refractivity contribution is 7.20. The van der Waals surface area contributed by atoms with E-state index in [9.17, 15) is 9.59 Å². The molecule has 3 nitrogen and oxygen atoms in total. The number of rotatable bonds is 4. The summed E-state index contributed by atoms with van der Waals surface area (Å²) in [5, 5.41) is 0.506. The van der Waals surface area contributed by atoms with E-state index in [-0.39, 0.29) is 26.4 Å². The minimum absolute atomic E-state index is 0.00784. The van der Waals surface area contributed by atoms with Gasteiger partial charge in [-0.25, -0.2) is 4.79 Å². The molecule has 0 spiro atoms. The molecule has 2 aromatic rings. The molecular weight excluding hydrogens is 355 g/mol. The fraction of sp³-hybridized carbons (Fsp3) is 0.143. The third-order valence-corrected chi connectivity index (χ3v) is 4.49. The summed E-state index contributed by atoms with van der Waals surface area (Å²) in [6.07, 6.45) is 0. The Bertz CT molecular complexity index is 692. The van der Waals surface area contributed by atoms with E-state index in [4.69, 9.17) is 39.5 Å². The Balaban J connectivity index is 2.50. The Morgan fingerprint density at radius 1 is 1.05 bits per heavy atom. The quantitative estimate of drug-likeness (QED) is 0.559. The highest BCUT2D eigenvalue weighted by Gasteiger charge is 2.28. The lowest BCUT2D eigenvalue weighted by atomic mass is 10.0. The lowest BCUT2D eigenvalue weighted by Crippen LogP contribution is -2.11. The lowest BCUT2D eigenvalue weighted by Gasteiger charge is -2.05. The second-order valence-electron chi connectivity index (χ2n) is 3.96. The van der Waals surface area contributed by atoms with Gasteiger partial charge in [0.1, 0.15) is 14.2 Å². The molecule has 0 atom stereocenters. The molecule has 1 heterocycles. The number of ketones is 1. The molecule has 0 aliphatic rings. The van der Waals surface area contributed by atoms with E-state index in [0.29, 0.717) is 10.6 Å². The van der Waals surface area contributed by atoms with Crippen LogP contribution >= 0.6 is 46.1 Å². The second kappa shape index (κ2) is 6.79. The maximum atomic E-state index is 12.5. The van der Waals surface area contributed by atoms with Crippen molar-refractivity contribution < 1.29 is 14.3 Å². The van der Waals surface area contributed by atoms with Gasteiger partial charge in [0.2, 0.25) is 0 Å². The largest absolute Gasteiger partial charge is 0.462 e. The van der Waals surface area contributed by atoms with Crippen molar-refractivity contribution in [1.29, 1.82) is 0 Å². The van der Waals surface area contributed by atoms with Gasteiger partial charge in [-0.3, -0.25) is 4.79 Å². The van der Waals surface area contributed by atoms with Gasteiger partial charge in [-0.15, -0.1) is 11.3 Å². The van der Waals surface area contributed by atoms with E-state index in [1.165, 1.54) is 0 Å². The maximum Gasteiger partial charge on any atom is 0.341 e. The number of ether oxygens (including phenoxy) is 1. The number of carbonyl (C=O) groups is 2. The molecule has 21 heavy (non-hydrogen) atoms. The predicted octanol–water partition coefficient (Wildman–Crippen LogP) is 5.12. The molecule has 0 unspecified atom stereocenters. The highest BCUT2D eigenvalue weighted by Crippen LogP contribution is 2.38. The standard InChI is InChI=1S/C14H9Cl3O3S/c1-2-20-14(19)10-9(12(16)21-13(10)17)11(18)7-3-5-8(15)6-4-7/h3-6H,2H2,1H3. The summed E-state index contributed by atoms with van der Waals surface area (Å²) in [5.41, 5.74) is 0.433. The lowest BCUT2D eigenvalue weighted by molar-refractivity contribution is 0.0524. The van der Waals surface area contributed by atoms with Gasteiger partial charge in [0.15, 0.2) is 5.78 Å². The van der Waals surface area contributed by atoms with Crippen molar-refractivity contribution in [2.75, 3.05) is 6.61 Å². The Labute approximate surface area is 140 Å². The molecule has 0 aliphatic heterocycles. The Morgan fingerprint density at radius 3 is 2.19 bits per heavy atom. The van der Waals surface area contributed by atoms with Crippen LogP contribution in [-0.2, 0) is 4.74 Å². The van der Waals surface area contributed by atoms with Gasteiger partial charge in [0, 0.05) is 10.6 Å². The molecular formula is C14H9Cl3O3S. The first-order chi connectivity index (χ1) is 9.95. The molecule has 0 N–H and O–H groups in total. The average Bonchev–Trinajstić information content (AvgIpc) is 2.73. The zero-order chi connectivity index (χ0) is 15.6. The fourth-order valence-electron chi connectivity index (χ4n) is 1.71. The van der Waals surface area contributed by atoms with Gasteiger partial charge in [-0.05, 0) is 31.2 Å². The minimum atomic E-state index is -0.664. The van der Waals surface area contributed by atoms with E-state index in [1.807, 2.05) is 0 Å². The predicted molar refractivity (Wildman–Crippen MR) is 85.2 cm³/mol. The summed E-state index contributed by atoms with van der Waals surface area (Å²) in [6, 6.07) is 6.28. The Kier molecular flexibility index (Phi) is 5.27. The van der Waals surface area contributed by atoms with Crippen molar-refractivity contribution >= 4 is 57.9 Å². The smallest absolute Gasteiger partial charge is 0.341 e. The zero-order valence-corrected chi connectivity index (χ0v) is 13.9. The van der Waals surface area contributed by atoms with Gasteiger partial charge in [0.05, 0.1) is 12.2 Å². The number of esters is 1. The summed E-state index contributed by atoms with van der Waals surface area (Å²) in [6.45, 7) is 1.84. The van der Waals surface area contributed by atoms with Crippen LogP contribution in [0.4, 0.5) is 0 Å². The van der Waals surface area contributed by atoms with Crippen LogP contribution in [0.1, 0.15) is 33.2 Å². The Hall–Kier alpha value is -1.07. The fourth-order valence-corrected chi connectivity index (χ4v) is 3.51. The van der Waals surface area contributed by atoms with Gasteiger partial charge < -0.3 is 4.74 Å². The third-order valence-electron chi connectivity index (χ3n) is 2.64. The summed E-state index contributed by atoms with van der Waals surface area (Å²) >= 11 is 18.8. The third kappa shape index (κ3) is 3.40. The van der Waals surface area contributed by atoms with Crippen molar-refractivity contribution in [3.05, 3.63) is 54.7 Å². The molecule has 1 aromatic carbocycles. The van der Waals surface area contributed by atoms with Crippen LogP contribution in [0.15, 0.2) is 24.3 Å². The van der Waals surface area contributed by atoms with Gasteiger partial charge in [-0.2, -0.15) is 0 Å². The summed E-state index contributed by atoms with van der Waals surface area (Å²) in [5.74, 6) is -1.06. The normalized spacial score (nSPS) is 10.5. The van der Waals surface area contributed by atoms with Crippen LogP contribution in [0.5, 0.6) is 0 Å². The maximum absolute atomic E-state index is 12.5. The first-order valence-electron chi connectivity index (χ1n) is 5.90. The summed E-state index contributed by atoms with van der Waals surface area (Å²) in [4.78, 5) is 24.5. The van der Waals surface area contributed by atoms with Crippen molar-refractivity contribution in [2.45, 2.75) is 6.92 Å². The van der Waals surface area contributed by atoms with Crippen molar-refractivity contribution in [3.63, 3.8) is 0 Å². The van der Waals surface area contributed by atoms with E-state index < -0.39 is 11.8 Å². The molecule has 110 valence electrons. The van der Waals surface area contributed by atoms with Crippen LogP contribution in [-0.4, -0.2) is 18.4 Å². The summed E-state index contributed by atoms with van der Waals surface area (Å²) in [7, 11) is 0. The number of hydrogen-bond donors (Lipinski definition) is 0. The molecule has 2 rings (SSSR count). The second-order valence-corrected chi connectivity index (χ2v) is 6.62. The number of hydrogen-bond acceptors (Lipinski definition) is 4. The molecule has 0 bridgehead atoms. The number of carbonyl (C=O) groups excluding carboxylic acids is 2. The first-order valence-corrected chi connectivity index (χ1v) is 7.86. The van der Waals surface area contributed by atoms with Gasteiger partial charge >= 0.3 is 5.97 Å². The molecule has 0 fully saturated rings. The number of halogens is 3. The van der Waals surface area contributed by atoms with Crippen LogP contribution in [0.3, 0.4) is 0 Å². The van der Waals surface area contributed by atoms with Crippen LogP contribution < -0.4 is 0 Å². The van der Waals surface area contributed by atoms with Crippen LogP contribution in [0, 0.1) is 0 Å². The van der Waals surface area contributed by atoms with E-state index >= 15 is 0 Å². The number of thiophene rings is 1. The van der Waals surface area contributed by atoms with Crippen molar-refractivity contribution in [2.24, 2.45) is 0 Å². The highest BCUT2D eigenvalue weighted by atomic mass is 35.5. The minimum Gasteiger partial charge on any atom is -0.462 e. The van der Waals surface area contributed by atoms with E-state index in [0.717, 1.165) is 11.3 Å². The van der Waals surface area contributed by atoms with E-state index in [2.05, 4.69) is 0 Å². The first kappa shape index (κ1) is 16.3. The van der Waals surface area contributed by atoms with Crippen LogP contribution in [0.25, 0.3) is 0 Å². The molecule has 0 aliphatic carbocycles. The molecule has 0 saturated heterocycles. The summed E-state index contributed by atoms with van der Waals surface area (Å²) < 4.78 is 5.21. The molecule has 0 amide bonds. The van der Waals surface area contributed by atoms with Crippen molar-refractivity contribution in [1.82, 2.24) is 0 Å². The van der Waals surface area contributed by atoms with Crippen LogP contribution in [0.2, 0.25) is 13.7 Å². The number of benzene rings is 1. The Morgan fingerprint density at radius 2 is 1.62 bits per heavy atom. The average molecular weight is 364 g/mol. The molecule has 1 aromatic heterocycles. The van der Waals surface area contributed by atoms with E-state index in [1.54, 1.807) is 31.2 Å². The monoisotopic (exact) mass is 362 g/mol. The SMILES string of the molecule is CCOC(=O)c1c(Cl)sc(Cl)c1C(=O)c1ccc(Cl)cc1. The van der Waals surface area contributed by atoms with Crippen molar-refractivity contribution in [3.8, 4) is 0 Å². The molecule has 0 saturated carbocycles. The zero-order valence-electron chi connectivity index (χ0n) is 10.8. The molecule has 0 radical (unpaired) electrons. The van der Waals surface area contributed by atoms with Gasteiger partial charge in [-0.1, -0.05) is 34.8 Å². The molecule has 7 heteroatoms. The van der Waals surface area contributed by atoms with Gasteiger partial charge in [0.25, 0.3) is 0 Å².